The van der Waals surface area contributed by atoms with Crippen molar-refractivity contribution in [3.05, 3.63) is 36.0 Å². The van der Waals surface area contributed by atoms with Gasteiger partial charge in [-0.2, -0.15) is 0 Å². The highest BCUT2D eigenvalue weighted by Gasteiger charge is 2.33. The lowest BCUT2D eigenvalue weighted by Crippen LogP contribution is -2.36. The van der Waals surface area contributed by atoms with Crippen LogP contribution in [0.5, 0.6) is 5.75 Å². The molecule has 0 aliphatic heterocycles. The molecule has 3 rings (SSSR count). The molecule has 0 amide bonds. The van der Waals surface area contributed by atoms with Gasteiger partial charge in [-0.25, -0.2) is 4.39 Å². The van der Waals surface area contributed by atoms with Crippen molar-refractivity contribution in [2.75, 3.05) is 5.75 Å². The molecule has 0 saturated heterocycles. The van der Waals surface area contributed by atoms with Crippen LogP contribution in [0, 0.1) is 23.6 Å². The highest BCUT2D eigenvalue weighted by atomic mass is 32.2. The predicted molar refractivity (Wildman–Crippen MR) is 107 cm³/mol. The van der Waals surface area contributed by atoms with Gasteiger partial charge in [-0.15, -0.1) is 10.2 Å². The van der Waals surface area contributed by atoms with E-state index in [0.717, 1.165) is 24.6 Å². The molecule has 1 heterocycles. The first-order chi connectivity index (χ1) is 13.9. The first-order valence-corrected chi connectivity index (χ1v) is 10.9. The second kappa shape index (κ2) is 10.1. The highest BCUT2D eigenvalue weighted by Crippen LogP contribution is 2.35. The summed E-state index contributed by atoms with van der Waals surface area (Å²) in [6.07, 6.45) is 3.20. The van der Waals surface area contributed by atoms with Crippen LogP contribution in [0.4, 0.5) is 4.39 Å². The molecule has 1 aromatic carbocycles. The van der Waals surface area contributed by atoms with Crippen LogP contribution in [0.3, 0.4) is 0 Å². The number of benzene rings is 1. The van der Waals surface area contributed by atoms with Gasteiger partial charge in [0.25, 0.3) is 11.1 Å². The molecule has 158 valence electrons. The Kier molecular flexibility index (Phi) is 7.52. The number of rotatable bonds is 8. The quantitative estimate of drug-likeness (QED) is 0.443. The Balaban J connectivity index is 1.45. The summed E-state index contributed by atoms with van der Waals surface area (Å²) in [5.41, 5.74) is 0. The van der Waals surface area contributed by atoms with Crippen molar-refractivity contribution in [3.63, 3.8) is 0 Å². The molecular formula is C21H27FN2O4S. The van der Waals surface area contributed by atoms with Crippen LogP contribution < -0.4 is 4.74 Å². The van der Waals surface area contributed by atoms with Gasteiger partial charge in [-0.05, 0) is 54.9 Å². The van der Waals surface area contributed by atoms with Crippen LogP contribution >= 0.6 is 11.8 Å². The van der Waals surface area contributed by atoms with Crippen molar-refractivity contribution in [2.24, 2.45) is 17.8 Å². The van der Waals surface area contributed by atoms with Gasteiger partial charge in [0.1, 0.15) is 23.4 Å². The van der Waals surface area contributed by atoms with Crippen LogP contribution in [0.2, 0.25) is 0 Å². The van der Waals surface area contributed by atoms with Gasteiger partial charge in [0.05, 0.1) is 0 Å². The molecule has 1 aliphatic carbocycles. The maximum absolute atomic E-state index is 12.9. The molecule has 0 bridgehead atoms. The highest BCUT2D eigenvalue weighted by molar-refractivity contribution is 7.99. The van der Waals surface area contributed by atoms with Crippen molar-refractivity contribution in [3.8, 4) is 5.75 Å². The fraction of sp³-hybridized carbons (Fsp3) is 0.571. The third kappa shape index (κ3) is 6.45. The third-order valence-corrected chi connectivity index (χ3v) is 5.97. The van der Waals surface area contributed by atoms with Gasteiger partial charge in [0.15, 0.2) is 6.61 Å². The second-order valence-corrected chi connectivity index (χ2v) is 8.77. The summed E-state index contributed by atoms with van der Waals surface area (Å²) in [7, 11) is 0. The van der Waals surface area contributed by atoms with E-state index in [1.165, 1.54) is 30.7 Å². The normalized spacial score (nSPS) is 21.9. The van der Waals surface area contributed by atoms with Crippen molar-refractivity contribution >= 4 is 17.7 Å². The van der Waals surface area contributed by atoms with Crippen LogP contribution in [0.25, 0.3) is 0 Å². The molecule has 3 atom stereocenters. The average Bonchev–Trinajstić information content (AvgIpc) is 3.14. The van der Waals surface area contributed by atoms with E-state index >= 15 is 0 Å². The van der Waals surface area contributed by atoms with Gasteiger partial charge in [-0.3, -0.25) is 4.79 Å². The van der Waals surface area contributed by atoms with Gasteiger partial charge < -0.3 is 13.9 Å². The number of thioether (sulfide) groups is 1. The fourth-order valence-corrected chi connectivity index (χ4v) is 4.17. The minimum absolute atomic E-state index is 0.0193. The summed E-state index contributed by atoms with van der Waals surface area (Å²) in [6.45, 7) is 6.65. The van der Waals surface area contributed by atoms with Crippen molar-refractivity contribution < 1.29 is 23.1 Å². The number of hydrogen-bond acceptors (Lipinski definition) is 7. The fourth-order valence-electron chi connectivity index (χ4n) is 3.60. The molecule has 6 nitrogen and oxygen atoms in total. The molecule has 0 N–H and O–H groups in total. The summed E-state index contributed by atoms with van der Waals surface area (Å²) < 4.78 is 29.6. The predicted octanol–water partition coefficient (Wildman–Crippen LogP) is 4.88. The van der Waals surface area contributed by atoms with E-state index in [0.29, 0.717) is 23.5 Å². The van der Waals surface area contributed by atoms with Crippen molar-refractivity contribution in [1.29, 1.82) is 0 Å². The molecule has 1 saturated carbocycles. The van der Waals surface area contributed by atoms with Crippen LogP contribution in [-0.2, 0) is 16.1 Å². The van der Waals surface area contributed by atoms with E-state index in [1.54, 1.807) is 0 Å². The van der Waals surface area contributed by atoms with Gasteiger partial charge >= 0.3 is 5.97 Å². The van der Waals surface area contributed by atoms with Crippen molar-refractivity contribution in [1.82, 2.24) is 10.2 Å². The molecule has 2 aromatic rings. The lowest BCUT2D eigenvalue weighted by Gasteiger charge is -2.36. The smallest absolute Gasteiger partial charge is 0.316 e. The number of halogens is 1. The van der Waals surface area contributed by atoms with E-state index in [2.05, 4.69) is 31.0 Å². The SMILES string of the molecule is CC(C)[C@H]1CC[C@@H](C)C[C@H]1OC(=O)CSc1nnc(COc2ccc(F)cc2)o1. The van der Waals surface area contributed by atoms with Gasteiger partial charge in [-0.1, -0.05) is 39.0 Å². The van der Waals surface area contributed by atoms with Crippen LogP contribution in [0.15, 0.2) is 33.9 Å². The Labute approximate surface area is 174 Å². The standard InChI is InChI=1S/C21H27FN2O4S/c1-13(2)17-9-4-14(3)10-18(17)27-20(25)12-29-21-24-23-19(28-21)11-26-16-7-5-15(22)6-8-16/h5-8,13-14,17-18H,4,9-12H2,1-3H3/t14-,17-,18-/m1/s1. The van der Waals surface area contributed by atoms with E-state index < -0.39 is 0 Å². The number of nitrogens with zero attached hydrogens (tertiary/aromatic N) is 2. The zero-order chi connectivity index (χ0) is 20.8. The lowest BCUT2D eigenvalue weighted by molar-refractivity contribution is -0.152. The number of aromatic nitrogens is 2. The number of esters is 1. The number of hydrogen-bond donors (Lipinski definition) is 0. The average molecular weight is 423 g/mol. The topological polar surface area (TPSA) is 74.5 Å². The van der Waals surface area contributed by atoms with E-state index in [-0.39, 0.29) is 41.4 Å². The largest absolute Gasteiger partial charge is 0.484 e. The first-order valence-electron chi connectivity index (χ1n) is 9.93. The molecule has 29 heavy (non-hydrogen) atoms. The van der Waals surface area contributed by atoms with E-state index in [1.807, 2.05) is 0 Å². The van der Waals surface area contributed by atoms with Crippen LogP contribution in [-0.4, -0.2) is 28.0 Å². The Hall–Kier alpha value is -2.09. The van der Waals surface area contributed by atoms with E-state index in [4.69, 9.17) is 13.9 Å². The summed E-state index contributed by atoms with van der Waals surface area (Å²) in [5, 5.41) is 8.10. The minimum atomic E-state index is -0.330. The second-order valence-electron chi connectivity index (χ2n) is 7.85. The maximum Gasteiger partial charge on any atom is 0.316 e. The number of ether oxygens (including phenoxy) is 2. The summed E-state index contributed by atoms with van der Waals surface area (Å²) in [4.78, 5) is 12.3. The zero-order valence-corrected chi connectivity index (χ0v) is 17.8. The number of carbonyl (C=O) groups excluding carboxylic acids is 1. The monoisotopic (exact) mass is 422 g/mol. The van der Waals surface area contributed by atoms with Crippen molar-refractivity contribution in [2.45, 2.75) is 58.0 Å². The summed E-state index contributed by atoms with van der Waals surface area (Å²) in [5.74, 6) is 1.80. The molecule has 1 aliphatic rings. The third-order valence-electron chi connectivity index (χ3n) is 5.18. The molecule has 1 fully saturated rings. The molecule has 1 aromatic heterocycles. The summed E-state index contributed by atoms with van der Waals surface area (Å²) >= 11 is 1.15. The van der Waals surface area contributed by atoms with Gasteiger partial charge in [0, 0.05) is 0 Å². The molecular weight excluding hydrogens is 395 g/mol. The number of carbonyl (C=O) groups is 1. The lowest BCUT2D eigenvalue weighted by atomic mass is 9.75. The van der Waals surface area contributed by atoms with Crippen LogP contribution in [0.1, 0.15) is 45.9 Å². The summed E-state index contributed by atoms with van der Waals surface area (Å²) in [6, 6.07) is 5.67. The van der Waals surface area contributed by atoms with E-state index in [9.17, 15) is 9.18 Å². The zero-order valence-electron chi connectivity index (χ0n) is 17.0. The Morgan fingerprint density at radius 1 is 1.28 bits per heavy atom. The Morgan fingerprint density at radius 3 is 2.76 bits per heavy atom. The Morgan fingerprint density at radius 2 is 2.03 bits per heavy atom. The minimum Gasteiger partial charge on any atom is -0.484 e. The van der Waals surface area contributed by atoms with Gasteiger partial charge in [0.2, 0.25) is 0 Å². The molecule has 8 heteroatoms. The Bertz CT molecular complexity index is 796. The maximum atomic E-state index is 12.9. The molecule has 0 spiro atoms. The first kappa shape index (κ1) is 21.6. The molecule has 0 radical (unpaired) electrons. The molecule has 0 unspecified atom stereocenters.